The molecule has 0 spiro atoms. The van der Waals surface area contributed by atoms with Crippen LogP contribution in [0.5, 0.6) is 0 Å². The van der Waals surface area contributed by atoms with Crippen molar-refractivity contribution in [2.24, 2.45) is 0 Å². The number of rotatable bonds is 7. The van der Waals surface area contributed by atoms with E-state index >= 15 is 0 Å². The summed E-state index contributed by atoms with van der Waals surface area (Å²) in [4.78, 5) is 21.7. The maximum atomic E-state index is 12.1. The number of nitrogens with one attached hydrogen (secondary N) is 1. The highest BCUT2D eigenvalue weighted by Crippen LogP contribution is 2.05. The van der Waals surface area contributed by atoms with Gasteiger partial charge in [0.15, 0.2) is 0 Å². The molecule has 2 N–H and O–H groups in total. The minimum atomic E-state index is -0.711. The molecular weight excluding hydrogens is 260 g/mol. The Balaban J connectivity index is 2.62. The van der Waals surface area contributed by atoms with Crippen LogP contribution in [0.4, 0.5) is 5.95 Å². The monoisotopic (exact) mass is 282 g/mol. The van der Waals surface area contributed by atoms with E-state index in [1.807, 2.05) is 13.8 Å². The van der Waals surface area contributed by atoms with Crippen molar-refractivity contribution in [1.29, 1.82) is 0 Å². The predicted molar refractivity (Wildman–Crippen MR) is 75.6 cm³/mol. The molecule has 0 aliphatic heterocycles. The number of anilines is 1. The van der Waals surface area contributed by atoms with E-state index in [1.54, 1.807) is 7.05 Å². The van der Waals surface area contributed by atoms with Gasteiger partial charge in [0, 0.05) is 39.1 Å². The molecule has 1 aromatic heterocycles. The van der Waals surface area contributed by atoms with E-state index in [9.17, 15) is 9.90 Å². The lowest BCUT2D eigenvalue weighted by Crippen LogP contribution is -2.36. The second-order valence-electron chi connectivity index (χ2n) is 4.89. The number of methoxy groups -OCH3 is 1. The number of nitrogens with zero attached hydrogens (tertiary/aromatic N) is 3. The Morgan fingerprint density at radius 2 is 2.05 bits per heavy atom. The zero-order valence-electron chi connectivity index (χ0n) is 12.3. The Bertz CT molecular complexity index is 422. The van der Waals surface area contributed by atoms with Crippen molar-refractivity contribution in [3.05, 3.63) is 18.0 Å². The van der Waals surface area contributed by atoms with Gasteiger partial charge in [-0.25, -0.2) is 9.97 Å². The van der Waals surface area contributed by atoms with Gasteiger partial charge in [0.05, 0.1) is 18.3 Å². The van der Waals surface area contributed by atoms with Gasteiger partial charge in [-0.3, -0.25) is 4.79 Å². The molecule has 0 aliphatic carbocycles. The summed E-state index contributed by atoms with van der Waals surface area (Å²) in [5, 5.41) is 12.6. The maximum Gasteiger partial charge on any atom is 0.256 e. The summed E-state index contributed by atoms with van der Waals surface area (Å²) in [5.41, 5.74) is 0.381. The molecular formula is C13H22N4O3. The summed E-state index contributed by atoms with van der Waals surface area (Å²) >= 11 is 0. The molecule has 20 heavy (non-hydrogen) atoms. The van der Waals surface area contributed by atoms with E-state index in [0.717, 1.165) is 0 Å². The number of carbonyl (C=O) groups excluding carboxylic acids is 1. The fraction of sp³-hybridized carbons (Fsp3) is 0.615. The topological polar surface area (TPSA) is 87.6 Å². The molecule has 0 saturated heterocycles. The molecule has 0 radical (unpaired) electrons. The number of carbonyl (C=O) groups is 1. The number of hydrogen-bond acceptors (Lipinski definition) is 6. The first-order valence-electron chi connectivity index (χ1n) is 6.45. The van der Waals surface area contributed by atoms with Gasteiger partial charge in [0.2, 0.25) is 5.95 Å². The summed E-state index contributed by atoms with van der Waals surface area (Å²) in [5.74, 6) is 0.245. The number of ether oxygens (including phenoxy) is 1. The van der Waals surface area contributed by atoms with Gasteiger partial charge in [-0.1, -0.05) is 0 Å². The molecule has 1 amide bonds. The van der Waals surface area contributed by atoms with E-state index in [4.69, 9.17) is 4.74 Å². The van der Waals surface area contributed by atoms with Crippen molar-refractivity contribution in [1.82, 2.24) is 14.9 Å². The summed E-state index contributed by atoms with van der Waals surface area (Å²) in [7, 11) is 3.11. The molecule has 1 heterocycles. The summed E-state index contributed by atoms with van der Waals surface area (Å²) in [6, 6.07) is 0.225. The van der Waals surface area contributed by atoms with Crippen LogP contribution in [0.15, 0.2) is 12.4 Å². The van der Waals surface area contributed by atoms with Gasteiger partial charge in [0.25, 0.3) is 5.91 Å². The first kappa shape index (κ1) is 16.3. The second kappa shape index (κ2) is 7.76. The highest BCUT2D eigenvalue weighted by molar-refractivity contribution is 5.93. The zero-order chi connectivity index (χ0) is 15.1. The third-order valence-electron chi connectivity index (χ3n) is 2.51. The lowest BCUT2D eigenvalue weighted by Gasteiger charge is -2.20. The summed E-state index contributed by atoms with van der Waals surface area (Å²) < 4.78 is 4.82. The smallest absolute Gasteiger partial charge is 0.256 e. The molecule has 0 fully saturated rings. The lowest BCUT2D eigenvalue weighted by molar-refractivity contribution is 0.0380. The molecule has 1 atom stereocenters. The van der Waals surface area contributed by atoms with Gasteiger partial charge >= 0.3 is 0 Å². The third-order valence-corrected chi connectivity index (χ3v) is 2.51. The van der Waals surface area contributed by atoms with Crippen LogP contribution >= 0.6 is 0 Å². The van der Waals surface area contributed by atoms with Crippen LogP contribution in [0, 0.1) is 0 Å². The molecule has 7 nitrogen and oxygen atoms in total. The van der Waals surface area contributed by atoms with E-state index in [0.29, 0.717) is 11.5 Å². The van der Waals surface area contributed by atoms with Gasteiger partial charge in [-0.2, -0.15) is 0 Å². The Morgan fingerprint density at radius 3 is 2.55 bits per heavy atom. The van der Waals surface area contributed by atoms with Crippen molar-refractivity contribution in [3.63, 3.8) is 0 Å². The van der Waals surface area contributed by atoms with Crippen molar-refractivity contribution in [3.8, 4) is 0 Å². The van der Waals surface area contributed by atoms with Crippen LogP contribution in [-0.2, 0) is 4.74 Å². The second-order valence-corrected chi connectivity index (χ2v) is 4.89. The van der Waals surface area contributed by atoms with E-state index in [1.165, 1.54) is 24.4 Å². The minimum Gasteiger partial charge on any atom is -0.389 e. The van der Waals surface area contributed by atoms with Crippen LogP contribution in [-0.4, -0.2) is 65.3 Å². The van der Waals surface area contributed by atoms with Gasteiger partial charge in [0.1, 0.15) is 0 Å². The highest BCUT2D eigenvalue weighted by atomic mass is 16.5. The summed E-state index contributed by atoms with van der Waals surface area (Å²) in [6.45, 7) is 4.34. The molecule has 0 aliphatic rings. The molecule has 1 aromatic rings. The standard InChI is InChI=1S/C13H22N4O3/c1-9(2)16-13-14-5-10(6-15-13)12(19)17(3)7-11(18)8-20-4/h5-6,9,11,18H,7-8H2,1-4H3,(H,14,15,16)/t11-/m0/s1. The van der Waals surface area contributed by atoms with Crippen LogP contribution in [0.25, 0.3) is 0 Å². The van der Waals surface area contributed by atoms with Crippen LogP contribution < -0.4 is 5.32 Å². The zero-order valence-corrected chi connectivity index (χ0v) is 12.3. The molecule has 0 bridgehead atoms. The minimum absolute atomic E-state index is 0.186. The molecule has 1 rings (SSSR count). The van der Waals surface area contributed by atoms with Crippen molar-refractivity contribution in [2.75, 3.05) is 32.6 Å². The predicted octanol–water partition coefficient (Wildman–Crippen LogP) is 0.376. The fourth-order valence-electron chi connectivity index (χ4n) is 1.64. The SMILES string of the molecule is COC[C@@H](O)CN(C)C(=O)c1cnc(NC(C)C)nc1. The quantitative estimate of drug-likeness (QED) is 0.751. The average Bonchev–Trinajstić information content (AvgIpc) is 2.38. The van der Waals surface area contributed by atoms with Crippen LogP contribution in [0.3, 0.4) is 0 Å². The largest absolute Gasteiger partial charge is 0.389 e. The number of amides is 1. The van der Waals surface area contributed by atoms with E-state index in [2.05, 4.69) is 15.3 Å². The normalized spacial score (nSPS) is 12.3. The molecule has 0 aromatic carbocycles. The average molecular weight is 282 g/mol. The van der Waals surface area contributed by atoms with Crippen molar-refractivity contribution < 1.29 is 14.6 Å². The summed E-state index contributed by atoms with van der Waals surface area (Å²) in [6.07, 6.45) is 2.23. The first-order valence-corrected chi connectivity index (χ1v) is 6.45. The first-order chi connectivity index (χ1) is 9.43. The van der Waals surface area contributed by atoms with E-state index < -0.39 is 6.10 Å². The van der Waals surface area contributed by atoms with Gasteiger partial charge < -0.3 is 20.1 Å². The number of hydrogen-bond donors (Lipinski definition) is 2. The number of likely N-dealkylation sites (N-methyl/N-ethyl adjacent to an activating group) is 1. The molecule has 0 unspecified atom stereocenters. The highest BCUT2D eigenvalue weighted by Gasteiger charge is 2.16. The lowest BCUT2D eigenvalue weighted by atomic mass is 10.2. The van der Waals surface area contributed by atoms with Crippen molar-refractivity contribution >= 4 is 11.9 Å². The fourth-order valence-corrected chi connectivity index (χ4v) is 1.64. The Kier molecular flexibility index (Phi) is 6.33. The van der Waals surface area contributed by atoms with Crippen LogP contribution in [0.1, 0.15) is 24.2 Å². The van der Waals surface area contributed by atoms with Crippen molar-refractivity contribution in [2.45, 2.75) is 26.0 Å². The van der Waals surface area contributed by atoms with Crippen LogP contribution in [0.2, 0.25) is 0 Å². The Hall–Kier alpha value is -1.73. The molecule has 112 valence electrons. The molecule has 0 saturated carbocycles. The Morgan fingerprint density at radius 1 is 1.45 bits per heavy atom. The number of aliphatic hydroxyl groups is 1. The van der Waals surface area contributed by atoms with E-state index in [-0.39, 0.29) is 25.1 Å². The number of aliphatic hydroxyl groups excluding tert-OH is 1. The third kappa shape index (κ3) is 5.10. The maximum absolute atomic E-state index is 12.1. The molecule has 7 heteroatoms. The number of aromatic nitrogens is 2. The van der Waals surface area contributed by atoms with Gasteiger partial charge in [-0.05, 0) is 13.8 Å². The Labute approximate surface area is 119 Å². The van der Waals surface area contributed by atoms with Gasteiger partial charge in [-0.15, -0.1) is 0 Å².